The molecule has 3 heteroatoms. The van der Waals surface area contributed by atoms with Crippen LogP contribution in [0.1, 0.15) is 31.5 Å². The van der Waals surface area contributed by atoms with E-state index in [-0.39, 0.29) is 5.97 Å². The Bertz CT molecular complexity index is 696. The van der Waals surface area contributed by atoms with Crippen LogP contribution in [0.2, 0.25) is 0 Å². The summed E-state index contributed by atoms with van der Waals surface area (Å²) < 4.78 is 7.63. The maximum atomic E-state index is 11.4. The molecule has 20 heavy (non-hydrogen) atoms. The zero-order valence-corrected chi connectivity index (χ0v) is 12.0. The molecule has 2 aromatic heterocycles. The van der Waals surface area contributed by atoms with Crippen LogP contribution in [-0.2, 0) is 17.6 Å². The lowest BCUT2D eigenvalue weighted by Gasteiger charge is -2.23. The molecule has 3 nitrogen and oxygen atoms in total. The van der Waals surface area contributed by atoms with E-state index in [1.165, 1.54) is 23.8 Å². The first-order valence-electron chi connectivity index (χ1n) is 7.02. The van der Waals surface area contributed by atoms with Crippen molar-refractivity contribution in [3.63, 3.8) is 0 Å². The van der Waals surface area contributed by atoms with Gasteiger partial charge < -0.3 is 9.14 Å². The smallest absolute Gasteiger partial charge is 0.308 e. The second-order valence-electron chi connectivity index (χ2n) is 5.59. The molecule has 0 bridgehead atoms. The minimum Gasteiger partial charge on any atom is -0.424 e. The molecular weight excluding hydrogens is 250 g/mol. The predicted octanol–water partition coefficient (Wildman–Crippen LogP) is 3.55. The molecule has 0 aliphatic heterocycles. The molecule has 1 aliphatic rings. The van der Waals surface area contributed by atoms with E-state index in [9.17, 15) is 4.79 Å². The quantitative estimate of drug-likeness (QED) is 0.616. The fourth-order valence-corrected chi connectivity index (χ4v) is 3.11. The van der Waals surface area contributed by atoms with Crippen LogP contribution in [0.5, 0.6) is 5.75 Å². The first kappa shape index (κ1) is 13.0. The number of nitrogens with zero attached hydrogens (tertiary/aromatic N) is 1. The summed E-state index contributed by atoms with van der Waals surface area (Å²) in [6.45, 7) is 7.64. The van der Waals surface area contributed by atoms with Crippen LogP contribution in [0, 0.1) is 5.92 Å². The molecular formula is C17H19NO2. The van der Waals surface area contributed by atoms with Gasteiger partial charge >= 0.3 is 5.97 Å². The third-order valence-corrected chi connectivity index (χ3v) is 4.13. The van der Waals surface area contributed by atoms with E-state index in [1.807, 2.05) is 24.4 Å². The molecule has 1 aliphatic carbocycles. The number of hydrogen-bond donors (Lipinski definition) is 0. The van der Waals surface area contributed by atoms with E-state index < -0.39 is 0 Å². The monoisotopic (exact) mass is 269 g/mol. The molecule has 0 fully saturated rings. The van der Waals surface area contributed by atoms with Crippen molar-refractivity contribution >= 4 is 11.5 Å². The third-order valence-electron chi connectivity index (χ3n) is 4.13. The summed E-state index contributed by atoms with van der Waals surface area (Å²) >= 11 is 0. The Balaban J connectivity index is 2.17. The van der Waals surface area contributed by atoms with Crippen LogP contribution in [0.4, 0.5) is 0 Å². The van der Waals surface area contributed by atoms with Gasteiger partial charge in [-0.05, 0) is 44.2 Å². The number of carbonyl (C=O) groups excluding carboxylic acids is 1. The van der Waals surface area contributed by atoms with E-state index in [0.29, 0.717) is 5.92 Å². The van der Waals surface area contributed by atoms with Gasteiger partial charge in [0.05, 0.1) is 5.52 Å². The molecule has 2 aromatic rings. The van der Waals surface area contributed by atoms with Gasteiger partial charge in [0.2, 0.25) is 0 Å². The number of pyridine rings is 1. The number of fused-ring (bicyclic) bond motifs is 3. The third kappa shape index (κ3) is 2.03. The molecule has 0 spiro atoms. The number of carbonyl (C=O) groups is 1. The Labute approximate surface area is 118 Å². The normalized spacial score (nSPS) is 17.8. The Morgan fingerprint density at radius 1 is 1.40 bits per heavy atom. The summed E-state index contributed by atoms with van der Waals surface area (Å²) in [5.41, 5.74) is 4.66. The standard InChI is InChI=1S/C17H19NO2/c1-11(2)13-7-8-14-16(10-13)18-9-5-4-6-15(18)17(14)20-12(3)19/h4-6,9,13H,1,7-8,10H2,2-3H3/t13-/m0/s1. The molecule has 2 heterocycles. The topological polar surface area (TPSA) is 30.7 Å². The lowest BCUT2D eigenvalue weighted by Crippen LogP contribution is -2.16. The van der Waals surface area contributed by atoms with Crippen LogP contribution >= 0.6 is 0 Å². The number of hydrogen-bond acceptors (Lipinski definition) is 2. The predicted molar refractivity (Wildman–Crippen MR) is 79.0 cm³/mol. The molecule has 3 rings (SSSR count). The first-order chi connectivity index (χ1) is 9.58. The van der Waals surface area contributed by atoms with Crippen LogP contribution in [0.3, 0.4) is 0 Å². The van der Waals surface area contributed by atoms with Crippen molar-refractivity contribution < 1.29 is 9.53 Å². The SMILES string of the molecule is C=C(C)[C@H]1CCc2c(OC(C)=O)c3ccccn3c2C1. The Morgan fingerprint density at radius 2 is 2.20 bits per heavy atom. The Morgan fingerprint density at radius 3 is 2.90 bits per heavy atom. The average molecular weight is 269 g/mol. The second-order valence-corrected chi connectivity index (χ2v) is 5.59. The highest BCUT2D eigenvalue weighted by atomic mass is 16.5. The maximum Gasteiger partial charge on any atom is 0.308 e. The zero-order valence-electron chi connectivity index (χ0n) is 12.0. The summed E-state index contributed by atoms with van der Waals surface area (Å²) in [5, 5.41) is 0. The number of ether oxygens (including phenoxy) is 1. The molecule has 0 saturated heterocycles. The molecule has 0 aromatic carbocycles. The molecule has 0 N–H and O–H groups in total. The minimum atomic E-state index is -0.258. The van der Waals surface area contributed by atoms with Crippen molar-refractivity contribution in [2.24, 2.45) is 5.92 Å². The number of allylic oxidation sites excluding steroid dienone is 1. The van der Waals surface area contributed by atoms with Gasteiger partial charge in [-0.15, -0.1) is 0 Å². The number of aromatic nitrogens is 1. The summed E-state index contributed by atoms with van der Waals surface area (Å²) in [6, 6.07) is 5.99. The minimum absolute atomic E-state index is 0.258. The molecule has 0 amide bonds. The summed E-state index contributed by atoms with van der Waals surface area (Å²) in [6.07, 6.45) is 5.03. The highest BCUT2D eigenvalue weighted by Gasteiger charge is 2.27. The zero-order chi connectivity index (χ0) is 14.3. The highest BCUT2D eigenvalue weighted by Crippen LogP contribution is 2.39. The van der Waals surface area contributed by atoms with Crippen LogP contribution < -0.4 is 4.74 Å². The van der Waals surface area contributed by atoms with Crippen LogP contribution in [-0.4, -0.2) is 10.4 Å². The fraction of sp³-hybridized carbons (Fsp3) is 0.353. The molecule has 104 valence electrons. The van der Waals surface area contributed by atoms with Gasteiger partial charge in [0.15, 0.2) is 5.75 Å². The average Bonchev–Trinajstić information content (AvgIpc) is 2.73. The van der Waals surface area contributed by atoms with Crippen molar-refractivity contribution in [2.45, 2.75) is 33.1 Å². The molecule has 0 saturated carbocycles. The van der Waals surface area contributed by atoms with Crippen molar-refractivity contribution in [1.29, 1.82) is 0 Å². The van der Waals surface area contributed by atoms with Gasteiger partial charge in [0.25, 0.3) is 0 Å². The van der Waals surface area contributed by atoms with Crippen molar-refractivity contribution in [2.75, 3.05) is 0 Å². The number of esters is 1. The van der Waals surface area contributed by atoms with Crippen LogP contribution in [0.25, 0.3) is 5.52 Å². The largest absolute Gasteiger partial charge is 0.424 e. The maximum absolute atomic E-state index is 11.4. The van der Waals surface area contributed by atoms with Crippen molar-refractivity contribution in [3.05, 3.63) is 47.8 Å². The molecule has 1 atom stereocenters. The Hall–Kier alpha value is -2.03. The lowest BCUT2D eigenvalue weighted by molar-refractivity contribution is -0.131. The highest BCUT2D eigenvalue weighted by molar-refractivity contribution is 5.77. The second kappa shape index (κ2) is 4.82. The summed E-state index contributed by atoms with van der Waals surface area (Å²) in [4.78, 5) is 11.4. The lowest BCUT2D eigenvalue weighted by atomic mass is 9.84. The molecule has 0 radical (unpaired) electrons. The van der Waals surface area contributed by atoms with Crippen molar-refractivity contribution in [3.8, 4) is 5.75 Å². The van der Waals surface area contributed by atoms with Gasteiger partial charge in [0.1, 0.15) is 0 Å². The number of rotatable bonds is 2. The first-order valence-corrected chi connectivity index (χ1v) is 7.02. The Kier molecular flexibility index (Phi) is 3.13. The van der Waals surface area contributed by atoms with Gasteiger partial charge in [-0.2, -0.15) is 0 Å². The van der Waals surface area contributed by atoms with Gasteiger partial charge in [-0.25, -0.2) is 0 Å². The van der Waals surface area contributed by atoms with E-state index in [1.54, 1.807) is 0 Å². The van der Waals surface area contributed by atoms with E-state index in [0.717, 1.165) is 30.5 Å². The van der Waals surface area contributed by atoms with Gasteiger partial charge in [0, 0.05) is 24.4 Å². The van der Waals surface area contributed by atoms with E-state index >= 15 is 0 Å². The summed E-state index contributed by atoms with van der Waals surface area (Å²) in [5.74, 6) is 1.01. The fourth-order valence-electron chi connectivity index (χ4n) is 3.11. The van der Waals surface area contributed by atoms with Crippen LogP contribution in [0.15, 0.2) is 36.5 Å². The summed E-state index contributed by atoms with van der Waals surface area (Å²) in [7, 11) is 0. The van der Waals surface area contributed by atoms with E-state index in [2.05, 4.69) is 17.9 Å². The van der Waals surface area contributed by atoms with Crippen molar-refractivity contribution in [1.82, 2.24) is 4.40 Å². The van der Waals surface area contributed by atoms with E-state index in [4.69, 9.17) is 4.74 Å². The van der Waals surface area contributed by atoms with Gasteiger partial charge in [-0.1, -0.05) is 18.2 Å². The molecule has 0 unspecified atom stereocenters. The van der Waals surface area contributed by atoms with Gasteiger partial charge in [-0.3, -0.25) is 4.79 Å².